The molecule has 0 radical (unpaired) electrons. The normalized spacial score (nSPS) is 11.1. The molecule has 0 saturated carbocycles. The predicted molar refractivity (Wildman–Crippen MR) is 131 cm³/mol. The number of ether oxygens (including phenoxy) is 1. The van der Waals surface area contributed by atoms with E-state index in [1.165, 1.54) is 19.2 Å². The summed E-state index contributed by atoms with van der Waals surface area (Å²) in [5, 5.41) is 7.64. The van der Waals surface area contributed by atoms with Crippen molar-refractivity contribution in [1.29, 1.82) is 0 Å². The lowest BCUT2D eigenvalue weighted by molar-refractivity contribution is -0.137. The molecule has 3 N–H and O–H groups in total. The van der Waals surface area contributed by atoms with Crippen LogP contribution in [0.15, 0.2) is 72.8 Å². The lowest BCUT2D eigenvalue weighted by Gasteiger charge is -2.13. The van der Waals surface area contributed by atoms with E-state index in [1.807, 2.05) is 12.1 Å². The lowest BCUT2D eigenvalue weighted by atomic mass is 10.1. The van der Waals surface area contributed by atoms with Crippen LogP contribution in [0.1, 0.15) is 16.1 Å². The molecule has 4 rings (SSSR count). The number of para-hydroxylation sites is 1. The highest BCUT2D eigenvalue weighted by atomic mass is 35.5. The number of benzene rings is 3. The van der Waals surface area contributed by atoms with E-state index in [0.29, 0.717) is 28.1 Å². The van der Waals surface area contributed by atoms with E-state index in [0.717, 1.165) is 12.1 Å². The molecule has 0 aliphatic rings. The Bertz CT molecular complexity index is 1440. The van der Waals surface area contributed by atoms with Gasteiger partial charge in [-0.3, -0.25) is 4.79 Å². The molecular formula is C25H18ClF3N4O3. The van der Waals surface area contributed by atoms with Crippen molar-refractivity contribution in [3.05, 3.63) is 89.1 Å². The minimum Gasteiger partial charge on any atom is -0.457 e. The first kappa shape index (κ1) is 24.8. The summed E-state index contributed by atoms with van der Waals surface area (Å²) >= 11 is 5.60. The Balaban J connectivity index is 1.47. The first-order valence-corrected chi connectivity index (χ1v) is 10.9. The van der Waals surface area contributed by atoms with Crippen LogP contribution >= 0.6 is 11.6 Å². The fraction of sp³-hybridized carbons (Fsp3) is 0.0800. The molecule has 0 aliphatic carbocycles. The Kier molecular flexibility index (Phi) is 6.98. The van der Waals surface area contributed by atoms with Crippen LogP contribution in [0.2, 0.25) is 5.02 Å². The quantitative estimate of drug-likeness (QED) is 0.276. The van der Waals surface area contributed by atoms with Crippen molar-refractivity contribution < 1.29 is 27.5 Å². The van der Waals surface area contributed by atoms with Gasteiger partial charge in [0.25, 0.3) is 5.91 Å². The highest BCUT2D eigenvalue weighted by Gasteiger charge is 2.33. The maximum absolute atomic E-state index is 13.0. The SMILES string of the molecule is CNC(=O)c1cc(Oc2ccc(NC(=O)Nc3ccc(Cl)c(C(F)(F)F)c3)cc2)c2ccccc2n1. The van der Waals surface area contributed by atoms with Crippen molar-refractivity contribution in [1.82, 2.24) is 10.3 Å². The zero-order valence-corrected chi connectivity index (χ0v) is 19.4. The molecule has 0 unspecified atom stereocenters. The molecular weight excluding hydrogens is 497 g/mol. The van der Waals surface area contributed by atoms with Crippen LogP contribution < -0.4 is 20.7 Å². The second kappa shape index (κ2) is 10.1. The third kappa shape index (κ3) is 5.66. The molecule has 36 heavy (non-hydrogen) atoms. The molecule has 3 aromatic carbocycles. The van der Waals surface area contributed by atoms with Crippen molar-refractivity contribution in [2.45, 2.75) is 6.18 Å². The summed E-state index contributed by atoms with van der Waals surface area (Å²) in [6, 6.07) is 17.4. The minimum atomic E-state index is -4.65. The number of fused-ring (bicyclic) bond motifs is 1. The number of nitrogens with zero attached hydrogens (tertiary/aromatic N) is 1. The number of rotatable bonds is 5. The van der Waals surface area contributed by atoms with Crippen molar-refractivity contribution in [2.24, 2.45) is 0 Å². The number of hydrogen-bond donors (Lipinski definition) is 3. The molecule has 3 amide bonds. The highest BCUT2D eigenvalue weighted by molar-refractivity contribution is 6.31. The van der Waals surface area contributed by atoms with Gasteiger partial charge in [0.1, 0.15) is 17.2 Å². The third-order valence-corrected chi connectivity index (χ3v) is 5.34. The number of aromatic nitrogens is 1. The summed E-state index contributed by atoms with van der Waals surface area (Å²) in [6.07, 6.45) is -4.65. The number of hydrogen-bond acceptors (Lipinski definition) is 4. The monoisotopic (exact) mass is 514 g/mol. The van der Waals surface area contributed by atoms with Gasteiger partial charge in [-0.05, 0) is 54.6 Å². The first-order chi connectivity index (χ1) is 17.1. The van der Waals surface area contributed by atoms with E-state index < -0.39 is 22.8 Å². The molecule has 1 heterocycles. The van der Waals surface area contributed by atoms with Crippen molar-refractivity contribution >= 4 is 45.8 Å². The van der Waals surface area contributed by atoms with Gasteiger partial charge in [0, 0.05) is 29.9 Å². The van der Waals surface area contributed by atoms with Crippen LogP contribution in [-0.2, 0) is 6.18 Å². The summed E-state index contributed by atoms with van der Waals surface area (Å²) in [6.45, 7) is 0. The van der Waals surface area contributed by atoms with Crippen LogP contribution in [0.4, 0.5) is 29.3 Å². The maximum atomic E-state index is 13.0. The van der Waals surface area contributed by atoms with Gasteiger partial charge in [-0.2, -0.15) is 13.2 Å². The number of alkyl halides is 3. The number of pyridine rings is 1. The topological polar surface area (TPSA) is 92.4 Å². The Morgan fingerprint density at radius 1 is 0.917 bits per heavy atom. The predicted octanol–water partition coefficient (Wildman–Crippen LogP) is 6.70. The number of halogens is 4. The van der Waals surface area contributed by atoms with Gasteiger partial charge in [-0.25, -0.2) is 9.78 Å². The molecule has 184 valence electrons. The van der Waals surface area contributed by atoms with Gasteiger partial charge in [0.2, 0.25) is 0 Å². The molecule has 7 nitrogen and oxygen atoms in total. The first-order valence-electron chi connectivity index (χ1n) is 10.5. The van der Waals surface area contributed by atoms with Crippen LogP contribution in [0.25, 0.3) is 10.9 Å². The molecule has 0 spiro atoms. The highest BCUT2D eigenvalue weighted by Crippen LogP contribution is 2.36. The van der Waals surface area contributed by atoms with E-state index in [9.17, 15) is 22.8 Å². The van der Waals surface area contributed by atoms with Gasteiger partial charge in [0.15, 0.2) is 0 Å². The van der Waals surface area contributed by atoms with E-state index in [-0.39, 0.29) is 17.3 Å². The van der Waals surface area contributed by atoms with Crippen molar-refractivity contribution in [3.8, 4) is 11.5 Å². The van der Waals surface area contributed by atoms with Crippen LogP contribution in [-0.4, -0.2) is 24.0 Å². The Morgan fingerprint density at radius 2 is 1.58 bits per heavy atom. The molecule has 0 fully saturated rings. The average Bonchev–Trinajstić information content (AvgIpc) is 2.85. The van der Waals surface area contributed by atoms with Gasteiger partial charge >= 0.3 is 12.2 Å². The Labute approximate surface area is 208 Å². The summed E-state index contributed by atoms with van der Waals surface area (Å²) < 4.78 is 45.0. The average molecular weight is 515 g/mol. The Morgan fingerprint density at radius 3 is 2.28 bits per heavy atom. The van der Waals surface area contributed by atoms with Gasteiger partial charge in [-0.15, -0.1) is 0 Å². The van der Waals surface area contributed by atoms with Gasteiger partial charge in [-0.1, -0.05) is 23.7 Å². The van der Waals surface area contributed by atoms with Gasteiger partial charge < -0.3 is 20.7 Å². The number of anilines is 2. The van der Waals surface area contributed by atoms with Crippen molar-refractivity contribution in [3.63, 3.8) is 0 Å². The standard InChI is InChI=1S/C25H18ClF3N4O3/c1-30-23(34)21-13-22(17-4-2-3-5-20(17)33-21)36-16-9-6-14(7-10-16)31-24(35)32-15-8-11-19(26)18(12-15)25(27,28)29/h2-13H,1H3,(H,30,34)(H2,31,32,35). The van der Waals surface area contributed by atoms with Crippen molar-refractivity contribution in [2.75, 3.05) is 17.7 Å². The molecule has 0 saturated heterocycles. The number of carbonyl (C=O) groups excluding carboxylic acids is 2. The second-order valence-electron chi connectivity index (χ2n) is 7.50. The summed E-state index contributed by atoms with van der Waals surface area (Å²) in [5.74, 6) is 0.479. The minimum absolute atomic E-state index is 0.0688. The summed E-state index contributed by atoms with van der Waals surface area (Å²) in [4.78, 5) is 28.7. The molecule has 0 atom stereocenters. The molecule has 4 aromatic rings. The fourth-order valence-corrected chi connectivity index (χ4v) is 3.54. The summed E-state index contributed by atoms with van der Waals surface area (Å²) in [5.41, 5.74) is 0.0271. The fourth-order valence-electron chi connectivity index (χ4n) is 3.32. The zero-order valence-electron chi connectivity index (χ0n) is 18.6. The zero-order chi connectivity index (χ0) is 25.9. The molecule has 0 bridgehead atoms. The van der Waals surface area contributed by atoms with E-state index in [1.54, 1.807) is 36.4 Å². The summed E-state index contributed by atoms with van der Waals surface area (Å²) in [7, 11) is 1.50. The largest absolute Gasteiger partial charge is 0.457 e. The van der Waals surface area contributed by atoms with Crippen LogP contribution in [0, 0.1) is 0 Å². The van der Waals surface area contributed by atoms with E-state index in [2.05, 4.69) is 20.9 Å². The van der Waals surface area contributed by atoms with Gasteiger partial charge in [0.05, 0.1) is 16.1 Å². The van der Waals surface area contributed by atoms with E-state index >= 15 is 0 Å². The number of amides is 3. The maximum Gasteiger partial charge on any atom is 0.417 e. The van der Waals surface area contributed by atoms with E-state index in [4.69, 9.17) is 16.3 Å². The molecule has 1 aromatic heterocycles. The number of carbonyl (C=O) groups is 2. The lowest BCUT2D eigenvalue weighted by Crippen LogP contribution is -2.20. The Hall–Kier alpha value is -4.31. The smallest absolute Gasteiger partial charge is 0.417 e. The number of urea groups is 1. The third-order valence-electron chi connectivity index (χ3n) is 5.01. The second-order valence-corrected chi connectivity index (χ2v) is 7.91. The number of nitrogens with one attached hydrogen (secondary N) is 3. The molecule has 11 heteroatoms. The van der Waals surface area contributed by atoms with Crippen LogP contribution in [0.3, 0.4) is 0 Å². The molecule has 0 aliphatic heterocycles. The van der Waals surface area contributed by atoms with Crippen LogP contribution in [0.5, 0.6) is 11.5 Å².